The monoisotopic (exact) mass is 221 g/mol. The Hall–Kier alpha value is -1.09. The van der Waals surface area contributed by atoms with Crippen LogP contribution in [0, 0.1) is 5.92 Å². The maximum absolute atomic E-state index is 4.13. The van der Waals surface area contributed by atoms with E-state index in [1.165, 1.54) is 24.8 Å². The zero-order chi connectivity index (χ0) is 11.8. The molecule has 0 amide bonds. The van der Waals surface area contributed by atoms with Gasteiger partial charge in [0.05, 0.1) is 6.20 Å². The summed E-state index contributed by atoms with van der Waals surface area (Å²) in [7, 11) is 0. The zero-order valence-corrected chi connectivity index (χ0v) is 10.4. The summed E-state index contributed by atoms with van der Waals surface area (Å²) < 4.78 is 1.73. The molecule has 1 rings (SSSR count). The lowest BCUT2D eigenvalue weighted by molar-refractivity contribution is 0.520. The number of nitrogens with zero attached hydrogens (tertiary/aromatic N) is 2. The fourth-order valence-corrected chi connectivity index (χ4v) is 1.60. The molecule has 0 saturated carbocycles. The second-order valence-corrected chi connectivity index (χ2v) is 4.58. The van der Waals surface area contributed by atoms with Crippen LogP contribution in [0.1, 0.15) is 38.7 Å². The predicted molar refractivity (Wildman–Crippen MR) is 69.0 cm³/mol. The molecule has 3 nitrogen and oxygen atoms in total. The molecule has 1 aromatic rings. The van der Waals surface area contributed by atoms with Crippen molar-refractivity contribution in [2.75, 3.05) is 6.54 Å². The highest BCUT2D eigenvalue weighted by Gasteiger charge is 1.96. The molecule has 0 aromatic carbocycles. The van der Waals surface area contributed by atoms with E-state index in [0.29, 0.717) is 0 Å². The van der Waals surface area contributed by atoms with Gasteiger partial charge in [-0.1, -0.05) is 33.3 Å². The van der Waals surface area contributed by atoms with Crippen molar-refractivity contribution in [2.45, 2.75) is 39.7 Å². The molecule has 1 heterocycles. The Morgan fingerprint density at radius 2 is 2.31 bits per heavy atom. The molecule has 1 aromatic heterocycles. The van der Waals surface area contributed by atoms with Crippen molar-refractivity contribution in [1.29, 1.82) is 0 Å². The molecule has 16 heavy (non-hydrogen) atoms. The summed E-state index contributed by atoms with van der Waals surface area (Å²) in [5, 5.41) is 7.56. The van der Waals surface area contributed by atoms with E-state index in [1.54, 1.807) is 10.9 Å². The van der Waals surface area contributed by atoms with Crippen LogP contribution in [0.3, 0.4) is 0 Å². The summed E-state index contributed by atoms with van der Waals surface area (Å²) in [5.74, 6) is 0.825. The zero-order valence-electron chi connectivity index (χ0n) is 10.4. The second kappa shape index (κ2) is 7.23. The van der Waals surface area contributed by atoms with E-state index in [4.69, 9.17) is 0 Å². The smallest absolute Gasteiger partial charge is 0.0538 e. The minimum absolute atomic E-state index is 0.825. The molecule has 0 aliphatic rings. The van der Waals surface area contributed by atoms with Gasteiger partial charge in [0.1, 0.15) is 0 Å². The fraction of sp³-hybridized carbons (Fsp3) is 0.615. The number of aromatic nitrogens is 2. The third-order valence-electron chi connectivity index (χ3n) is 2.56. The Balaban J connectivity index is 2.04. The molecule has 0 radical (unpaired) electrons. The molecule has 90 valence electrons. The molecule has 0 aliphatic carbocycles. The average Bonchev–Trinajstić information content (AvgIpc) is 2.70. The third kappa shape index (κ3) is 5.12. The number of unbranched alkanes of at least 4 members (excludes halogenated alkanes) is 1. The van der Waals surface area contributed by atoms with Crippen molar-refractivity contribution in [3.63, 3.8) is 0 Å². The van der Waals surface area contributed by atoms with Crippen molar-refractivity contribution in [2.24, 2.45) is 5.92 Å². The molecule has 0 spiro atoms. The van der Waals surface area contributed by atoms with Crippen LogP contribution in [0.2, 0.25) is 0 Å². The van der Waals surface area contributed by atoms with Gasteiger partial charge in [0, 0.05) is 24.5 Å². The van der Waals surface area contributed by atoms with Gasteiger partial charge in [0.25, 0.3) is 0 Å². The van der Waals surface area contributed by atoms with E-state index in [1.807, 2.05) is 12.4 Å². The van der Waals surface area contributed by atoms with Gasteiger partial charge in [-0.3, -0.25) is 0 Å². The second-order valence-electron chi connectivity index (χ2n) is 4.58. The Morgan fingerprint density at radius 3 is 2.94 bits per heavy atom. The van der Waals surface area contributed by atoms with Crippen LogP contribution in [0.5, 0.6) is 0 Å². The maximum Gasteiger partial charge on any atom is 0.0538 e. The molecule has 0 unspecified atom stereocenters. The number of rotatable bonds is 8. The van der Waals surface area contributed by atoms with E-state index >= 15 is 0 Å². The first-order valence-corrected chi connectivity index (χ1v) is 6.08. The lowest BCUT2D eigenvalue weighted by Gasteiger charge is -2.05. The summed E-state index contributed by atoms with van der Waals surface area (Å²) in [5.41, 5.74) is 1.21. The number of hydrogen-bond donors (Lipinski definition) is 1. The van der Waals surface area contributed by atoms with Gasteiger partial charge in [0.15, 0.2) is 0 Å². The summed E-state index contributed by atoms with van der Waals surface area (Å²) >= 11 is 0. The van der Waals surface area contributed by atoms with Gasteiger partial charge in [-0.15, -0.1) is 0 Å². The van der Waals surface area contributed by atoms with Crippen LogP contribution >= 0.6 is 0 Å². The number of nitrogens with one attached hydrogen (secondary N) is 1. The Kier molecular flexibility index (Phi) is 5.86. The minimum Gasteiger partial charge on any atom is -0.313 e. The molecular weight excluding hydrogens is 198 g/mol. The van der Waals surface area contributed by atoms with Crippen molar-refractivity contribution in [1.82, 2.24) is 15.1 Å². The minimum atomic E-state index is 0.825. The molecule has 1 N–H and O–H groups in total. The highest BCUT2D eigenvalue weighted by atomic mass is 15.2. The highest BCUT2D eigenvalue weighted by Crippen LogP contribution is 2.05. The van der Waals surface area contributed by atoms with Crippen LogP contribution in [0.4, 0.5) is 0 Å². The molecule has 0 atom stereocenters. The first-order chi connectivity index (χ1) is 7.72. The van der Waals surface area contributed by atoms with E-state index in [9.17, 15) is 0 Å². The average molecular weight is 221 g/mol. The Bertz CT molecular complexity index is 302. The maximum atomic E-state index is 4.13. The van der Waals surface area contributed by atoms with E-state index in [2.05, 4.69) is 30.8 Å². The fourth-order valence-electron chi connectivity index (χ4n) is 1.60. The third-order valence-corrected chi connectivity index (χ3v) is 2.56. The first-order valence-electron chi connectivity index (χ1n) is 6.08. The lowest BCUT2D eigenvalue weighted by Crippen LogP contribution is -2.14. The molecule has 0 bridgehead atoms. The summed E-state index contributed by atoms with van der Waals surface area (Å²) in [4.78, 5) is 0. The predicted octanol–water partition coefficient (Wildman–Crippen LogP) is 2.90. The SMILES string of the molecule is C=Cn1cc(CNCCCCC(C)C)cn1. The lowest BCUT2D eigenvalue weighted by atomic mass is 10.1. The van der Waals surface area contributed by atoms with Gasteiger partial charge >= 0.3 is 0 Å². The Morgan fingerprint density at radius 1 is 1.50 bits per heavy atom. The largest absolute Gasteiger partial charge is 0.313 e. The standard InChI is InChI=1S/C13H23N3/c1-4-16-11-13(10-15-16)9-14-8-6-5-7-12(2)3/h4,10-12,14H,1,5-9H2,2-3H3. The van der Waals surface area contributed by atoms with Gasteiger partial charge in [-0.25, -0.2) is 4.68 Å². The van der Waals surface area contributed by atoms with Crippen LogP contribution in [-0.2, 0) is 6.54 Å². The first kappa shape index (κ1) is 13.0. The van der Waals surface area contributed by atoms with Gasteiger partial charge < -0.3 is 5.32 Å². The molecule has 0 fully saturated rings. The van der Waals surface area contributed by atoms with Crippen LogP contribution in [-0.4, -0.2) is 16.3 Å². The molecule has 0 aliphatic heterocycles. The van der Waals surface area contributed by atoms with Gasteiger partial charge in [-0.05, 0) is 18.9 Å². The molecule has 0 saturated heterocycles. The molecular formula is C13H23N3. The molecule has 3 heteroatoms. The normalized spacial score (nSPS) is 10.9. The highest BCUT2D eigenvalue weighted by molar-refractivity contribution is 5.17. The van der Waals surface area contributed by atoms with Crippen molar-refractivity contribution >= 4 is 6.20 Å². The van der Waals surface area contributed by atoms with E-state index < -0.39 is 0 Å². The topological polar surface area (TPSA) is 29.9 Å². The van der Waals surface area contributed by atoms with Crippen molar-refractivity contribution < 1.29 is 0 Å². The summed E-state index contributed by atoms with van der Waals surface area (Å²) in [6, 6.07) is 0. The Labute approximate surface area is 98.5 Å². The van der Waals surface area contributed by atoms with E-state index in [0.717, 1.165) is 19.0 Å². The van der Waals surface area contributed by atoms with Crippen LogP contribution in [0.25, 0.3) is 6.20 Å². The van der Waals surface area contributed by atoms with Crippen LogP contribution in [0.15, 0.2) is 19.0 Å². The number of hydrogen-bond acceptors (Lipinski definition) is 2. The van der Waals surface area contributed by atoms with Crippen molar-refractivity contribution in [3.05, 3.63) is 24.5 Å². The van der Waals surface area contributed by atoms with Gasteiger partial charge in [0.2, 0.25) is 0 Å². The van der Waals surface area contributed by atoms with E-state index in [-0.39, 0.29) is 0 Å². The van der Waals surface area contributed by atoms with Gasteiger partial charge in [-0.2, -0.15) is 5.10 Å². The summed E-state index contributed by atoms with van der Waals surface area (Å²) in [6.45, 7) is 10.2. The summed E-state index contributed by atoms with van der Waals surface area (Å²) in [6.07, 6.45) is 9.48. The van der Waals surface area contributed by atoms with Crippen molar-refractivity contribution in [3.8, 4) is 0 Å². The van der Waals surface area contributed by atoms with Crippen LogP contribution < -0.4 is 5.32 Å². The quantitative estimate of drug-likeness (QED) is 0.684.